The van der Waals surface area contributed by atoms with Crippen molar-refractivity contribution in [3.8, 4) is 5.75 Å². The maximum Gasteiger partial charge on any atom is 0.261 e. The van der Waals surface area contributed by atoms with Crippen molar-refractivity contribution in [2.45, 2.75) is 23.6 Å². The van der Waals surface area contributed by atoms with E-state index in [1.807, 2.05) is 13.8 Å². The van der Waals surface area contributed by atoms with E-state index < -0.39 is 10.0 Å². The first-order chi connectivity index (χ1) is 13.2. The lowest BCUT2D eigenvalue weighted by Crippen LogP contribution is -2.13. The molecule has 0 fully saturated rings. The Morgan fingerprint density at radius 1 is 1.07 bits per heavy atom. The minimum Gasteiger partial charge on any atom is -0.512 e. The number of aliphatic hydroxyl groups is 1. The van der Waals surface area contributed by atoms with Crippen molar-refractivity contribution < 1.29 is 18.6 Å². The van der Waals surface area contributed by atoms with Crippen LogP contribution in [0.4, 0.5) is 5.69 Å². The predicted octanol–water partition coefficient (Wildman–Crippen LogP) is 5.13. The summed E-state index contributed by atoms with van der Waals surface area (Å²) in [5.41, 5.74) is 2.26. The van der Waals surface area contributed by atoms with Gasteiger partial charge in [-0.2, -0.15) is 0 Å². The third-order valence-corrected chi connectivity index (χ3v) is 6.87. The van der Waals surface area contributed by atoms with Crippen molar-refractivity contribution in [3.63, 3.8) is 0 Å². The largest absolute Gasteiger partial charge is 0.512 e. The van der Waals surface area contributed by atoms with Crippen LogP contribution in [0.5, 0.6) is 5.75 Å². The van der Waals surface area contributed by atoms with E-state index in [2.05, 4.69) is 11.3 Å². The summed E-state index contributed by atoms with van der Waals surface area (Å²) in [6, 6.07) is 13.5. The van der Waals surface area contributed by atoms with Crippen LogP contribution in [0.15, 0.2) is 70.7 Å². The van der Waals surface area contributed by atoms with Crippen molar-refractivity contribution in [2.24, 2.45) is 0 Å². The molecule has 0 atom stereocenters. The van der Waals surface area contributed by atoms with Crippen LogP contribution in [-0.4, -0.2) is 24.4 Å². The molecule has 0 saturated carbocycles. The first-order valence-electron chi connectivity index (χ1n) is 8.53. The van der Waals surface area contributed by atoms with Crippen molar-refractivity contribution in [3.05, 3.63) is 72.0 Å². The predicted molar refractivity (Wildman–Crippen MR) is 115 cm³/mol. The molecule has 28 heavy (non-hydrogen) atoms. The van der Waals surface area contributed by atoms with Crippen LogP contribution in [-0.2, 0) is 10.0 Å². The van der Waals surface area contributed by atoms with Gasteiger partial charge in [-0.05, 0) is 43.2 Å². The summed E-state index contributed by atoms with van der Waals surface area (Å²) in [5.74, 6) is 0.195. The van der Waals surface area contributed by atoms with E-state index in [1.165, 1.54) is 11.8 Å². The van der Waals surface area contributed by atoms with Gasteiger partial charge in [0, 0.05) is 10.8 Å². The van der Waals surface area contributed by atoms with Gasteiger partial charge < -0.3 is 10.2 Å². The Morgan fingerprint density at radius 3 is 2.39 bits per heavy atom. The summed E-state index contributed by atoms with van der Waals surface area (Å²) >= 11 is 1.18. The Morgan fingerprint density at radius 2 is 1.75 bits per heavy atom. The van der Waals surface area contributed by atoms with Crippen LogP contribution >= 0.6 is 11.8 Å². The molecule has 3 rings (SSSR count). The Hall–Kier alpha value is -2.64. The molecule has 5 nitrogen and oxygen atoms in total. The fraction of sp³-hybridized carbons (Fsp3) is 0.143. The Bertz CT molecular complexity index is 1170. The Kier molecular flexibility index (Phi) is 5.58. The number of aliphatic hydroxyl groups excluding tert-OH is 1. The molecule has 0 radical (unpaired) electrons. The lowest BCUT2D eigenvalue weighted by atomic mass is 10.1. The molecule has 0 unspecified atom stereocenters. The minimum atomic E-state index is -3.81. The van der Waals surface area contributed by atoms with E-state index in [9.17, 15) is 18.6 Å². The summed E-state index contributed by atoms with van der Waals surface area (Å²) in [7, 11) is -3.81. The average molecular weight is 416 g/mol. The van der Waals surface area contributed by atoms with E-state index in [0.717, 1.165) is 11.1 Å². The molecule has 0 spiro atoms. The van der Waals surface area contributed by atoms with E-state index in [1.54, 1.807) is 48.5 Å². The fourth-order valence-corrected chi connectivity index (χ4v) is 4.70. The number of aromatic hydroxyl groups is 1. The number of rotatable bonds is 6. The molecule has 0 bridgehead atoms. The second kappa shape index (κ2) is 7.77. The highest BCUT2D eigenvalue weighted by Gasteiger charge is 2.19. The number of hydrogen-bond donors (Lipinski definition) is 3. The van der Waals surface area contributed by atoms with Crippen LogP contribution in [0.2, 0.25) is 0 Å². The fourth-order valence-electron chi connectivity index (χ4n) is 2.77. The maximum absolute atomic E-state index is 12.9. The number of phenolic OH excluding ortho intramolecular Hbond substituents is 1. The maximum atomic E-state index is 12.9. The van der Waals surface area contributed by atoms with Gasteiger partial charge in [0.25, 0.3) is 10.0 Å². The van der Waals surface area contributed by atoms with Gasteiger partial charge in [0.15, 0.2) is 0 Å². The van der Waals surface area contributed by atoms with Gasteiger partial charge >= 0.3 is 0 Å². The van der Waals surface area contributed by atoms with Crippen molar-refractivity contribution in [2.75, 3.05) is 10.5 Å². The molecule has 0 aromatic heterocycles. The number of fused-ring (bicyclic) bond motifs is 1. The standard InChI is InChI=1S/C21H21NO4S2/c1-13-8-9-16(10-14(13)2)28(25,26)22-19-11-20(27-12-15(3)23)21(24)18-7-5-4-6-17(18)19/h4-11,22-24H,3,12H2,1-2H3. The number of phenols is 1. The zero-order chi connectivity index (χ0) is 20.5. The normalized spacial score (nSPS) is 11.5. The Balaban J connectivity index is 2.09. The van der Waals surface area contributed by atoms with Crippen LogP contribution in [0.25, 0.3) is 10.8 Å². The summed E-state index contributed by atoms with van der Waals surface area (Å²) in [6.45, 7) is 7.22. The topological polar surface area (TPSA) is 86.6 Å². The molecule has 7 heteroatoms. The van der Waals surface area contributed by atoms with E-state index in [4.69, 9.17) is 0 Å². The number of nitrogens with one attached hydrogen (secondary N) is 1. The third-order valence-electron chi connectivity index (χ3n) is 4.41. The second-order valence-electron chi connectivity index (χ2n) is 6.52. The molecule has 0 aliphatic rings. The van der Waals surface area contributed by atoms with Gasteiger partial charge in [-0.1, -0.05) is 36.9 Å². The quantitative estimate of drug-likeness (QED) is 0.295. The second-order valence-corrected chi connectivity index (χ2v) is 9.22. The minimum absolute atomic E-state index is 0.0326. The van der Waals surface area contributed by atoms with Gasteiger partial charge in [0.1, 0.15) is 5.75 Å². The summed E-state index contributed by atoms with van der Waals surface area (Å²) in [4.78, 5) is 0.623. The van der Waals surface area contributed by atoms with Gasteiger partial charge in [0.2, 0.25) is 0 Å². The molecule has 146 valence electrons. The van der Waals surface area contributed by atoms with Gasteiger partial charge in [-0.3, -0.25) is 4.72 Å². The SMILES string of the molecule is C=C(O)CSc1cc(NS(=O)(=O)c2ccc(C)c(C)c2)c2ccccc2c1O. The number of benzene rings is 3. The van der Waals surface area contributed by atoms with Gasteiger partial charge in [0.05, 0.1) is 27.0 Å². The molecule has 0 heterocycles. The molecule has 0 amide bonds. The first kappa shape index (κ1) is 20.1. The number of sulfonamides is 1. The van der Waals surface area contributed by atoms with Crippen LogP contribution in [0.1, 0.15) is 11.1 Å². The van der Waals surface area contributed by atoms with Crippen molar-refractivity contribution >= 4 is 38.2 Å². The molecule has 3 N–H and O–H groups in total. The van der Waals surface area contributed by atoms with Gasteiger partial charge in [-0.25, -0.2) is 8.42 Å². The zero-order valence-electron chi connectivity index (χ0n) is 15.6. The zero-order valence-corrected chi connectivity index (χ0v) is 17.2. The van der Waals surface area contributed by atoms with Gasteiger partial charge in [-0.15, -0.1) is 11.8 Å². The number of hydrogen-bond acceptors (Lipinski definition) is 5. The van der Waals surface area contributed by atoms with Crippen LogP contribution < -0.4 is 4.72 Å². The molecule has 3 aromatic rings. The van der Waals surface area contributed by atoms with Crippen molar-refractivity contribution in [1.82, 2.24) is 0 Å². The molecule has 0 aliphatic carbocycles. The first-order valence-corrected chi connectivity index (χ1v) is 11.0. The van der Waals surface area contributed by atoms with E-state index in [-0.39, 0.29) is 22.2 Å². The third kappa shape index (κ3) is 4.10. The lowest BCUT2D eigenvalue weighted by Gasteiger charge is -2.15. The highest BCUT2D eigenvalue weighted by atomic mass is 32.2. The molecular weight excluding hydrogens is 394 g/mol. The molecular formula is C21H21NO4S2. The van der Waals surface area contributed by atoms with E-state index >= 15 is 0 Å². The van der Waals surface area contributed by atoms with E-state index in [0.29, 0.717) is 21.4 Å². The highest BCUT2D eigenvalue weighted by molar-refractivity contribution is 7.99. The summed E-state index contributed by atoms with van der Waals surface area (Å²) in [6.07, 6.45) is 0. The Labute approximate surface area is 168 Å². The van der Waals surface area contributed by atoms with Crippen LogP contribution in [0, 0.1) is 13.8 Å². The number of thioether (sulfide) groups is 1. The average Bonchev–Trinajstić information content (AvgIpc) is 2.65. The monoisotopic (exact) mass is 415 g/mol. The molecule has 0 aliphatic heterocycles. The smallest absolute Gasteiger partial charge is 0.261 e. The summed E-state index contributed by atoms with van der Waals surface area (Å²) < 4.78 is 28.5. The van der Waals surface area contributed by atoms with Crippen LogP contribution in [0.3, 0.4) is 0 Å². The summed E-state index contributed by atoms with van der Waals surface area (Å²) in [5, 5.41) is 21.0. The van der Waals surface area contributed by atoms with Crippen molar-refractivity contribution in [1.29, 1.82) is 0 Å². The lowest BCUT2D eigenvalue weighted by molar-refractivity contribution is 0.420. The number of anilines is 1. The highest BCUT2D eigenvalue weighted by Crippen LogP contribution is 2.40. The number of aryl methyl sites for hydroxylation is 2. The molecule has 3 aromatic carbocycles. The molecule has 0 saturated heterocycles.